The Bertz CT molecular complexity index is 1120. The fourth-order valence-electron chi connectivity index (χ4n) is 4.88. The van der Waals surface area contributed by atoms with Gasteiger partial charge < -0.3 is 30.5 Å². The summed E-state index contributed by atoms with van der Waals surface area (Å²) in [6, 6.07) is 10.7. The van der Waals surface area contributed by atoms with Gasteiger partial charge in [-0.15, -0.1) is 0 Å². The van der Waals surface area contributed by atoms with E-state index in [1.807, 2.05) is 0 Å². The van der Waals surface area contributed by atoms with Gasteiger partial charge in [0.2, 0.25) is 11.8 Å². The van der Waals surface area contributed by atoms with Crippen molar-refractivity contribution in [3.8, 4) is 11.5 Å². The third kappa shape index (κ3) is 8.90. The fourth-order valence-corrected chi connectivity index (χ4v) is 4.88. The molecule has 0 saturated heterocycles. The van der Waals surface area contributed by atoms with Crippen LogP contribution in [0.15, 0.2) is 48.5 Å². The molecule has 2 aromatic carbocycles. The number of carbonyl (C=O) groups excluding carboxylic acids is 3. The first kappa shape index (κ1) is 29.8. The monoisotopic (exact) mass is 539 g/mol. The van der Waals surface area contributed by atoms with E-state index in [0.29, 0.717) is 11.1 Å². The first-order valence-corrected chi connectivity index (χ1v) is 13.6. The summed E-state index contributed by atoms with van der Waals surface area (Å²) < 4.78 is 5.42. The molecular formula is C30H41N3O6. The average Bonchev–Trinajstić information content (AvgIpc) is 2.87. The van der Waals surface area contributed by atoms with Crippen molar-refractivity contribution in [1.29, 1.82) is 0 Å². The Hall–Kier alpha value is -3.75. The van der Waals surface area contributed by atoms with Crippen LogP contribution in [-0.2, 0) is 20.7 Å². The number of benzene rings is 2. The van der Waals surface area contributed by atoms with Crippen LogP contribution in [-0.4, -0.2) is 57.3 Å². The van der Waals surface area contributed by atoms with Gasteiger partial charge in [-0.05, 0) is 75.9 Å². The third-order valence-electron chi connectivity index (χ3n) is 6.69. The highest BCUT2D eigenvalue weighted by Gasteiger charge is 2.36. The molecule has 2 aromatic rings. The number of phenols is 2. The minimum Gasteiger partial charge on any atom is -0.508 e. The molecule has 0 spiro atoms. The Kier molecular flexibility index (Phi) is 10.2. The number of phenolic OH excluding ortho intramolecular Hbond substituents is 2. The minimum atomic E-state index is -1.05. The van der Waals surface area contributed by atoms with E-state index in [0.717, 1.165) is 32.1 Å². The van der Waals surface area contributed by atoms with Gasteiger partial charge in [0.1, 0.15) is 29.2 Å². The van der Waals surface area contributed by atoms with Crippen molar-refractivity contribution in [3.05, 3.63) is 59.7 Å². The van der Waals surface area contributed by atoms with Gasteiger partial charge >= 0.3 is 6.09 Å². The normalized spacial score (nSPS) is 15.6. The van der Waals surface area contributed by atoms with Gasteiger partial charge in [0, 0.05) is 19.0 Å². The quantitative estimate of drug-likeness (QED) is 0.370. The number of aromatic hydroxyl groups is 2. The molecule has 2 atom stereocenters. The summed E-state index contributed by atoms with van der Waals surface area (Å²) in [5.74, 6) is -0.730. The van der Waals surface area contributed by atoms with E-state index >= 15 is 0 Å². The second-order valence-corrected chi connectivity index (χ2v) is 11.0. The lowest BCUT2D eigenvalue weighted by molar-refractivity contribution is -0.142. The second-order valence-electron chi connectivity index (χ2n) is 11.0. The molecule has 212 valence electrons. The van der Waals surface area contributed by atoms with Crippen LogP contribution in [0, 0.1) is 0 Å². The molecule has 2 unspecified atom stereocenters. The predicted octanol–water partition coefficient (Wildman–Crippen LogP) is 4.57. The number of hydrogen-bond donors (Lipinski definition) is 4. The van der Waals surface area contributed by atoms with Crippen molar-refractivity contribution < 1.29 is 29.3 Å². The van der Waals surface area contributed by atoms with E-state index in [1.54, 1.807) is 52.0 Å². The molecule has 0 bridgehead atoms. The molecule has 0 heterocycles. The highest BCUT2D eigenvalue weighted by molar-refractivity contribution is 5.92. The SMILES string of the molecule is CCN(C(=O)C(Cc1ccc(O)cc1)NC(=O)OC(C)(C)C)C(C(=O)NC1CCCCC1)c1cccc(O)c1. The van der Waals surface area contributed by atoms with Gasteiger partial charge in [0.25, 0.3) is 0 Å². The number of ether oxygens (including phenoxy) is 1. The molecule has 4 N–H and O–H groups in total. The molecule has 39 heavy (non-hydrogen) atoms. The van der Waals surface area contributed by atoms with Crippen molar-refractivity contribution in [2.75, 3.05) is 6.54 Å². The van der Waals surface area contributed by atoms with Gasteiger partial charge in [0.15, 0.2) is 0 Å². The summed E-state index contributed by atoms with van der Waals surface area (Å²) in [6.07, 6.45) is 4.32. The average molecular weight is 540 g/mol. The van der Waals surface area contributed by atoms with Crippen LogP contribution in [0.1, 0.15) is 77.0 Å². The maximum Gasteiger partial charge on any atom is 0.408 e. The number of carbonyl (C=O) groups is 3. The fraction of sp³-hybridized carbons (Fsp3) is 0.500. The second kappa shape index (κ2) is 13.4. The maximum absolute atomic E-state index is 14.1. The van der Waals surface area contributed by atoms with Gasteiger partial charge in [-0.3, -0.25) is 9.59 Å². The summed E-state index contributed by atoms with van der Waals surface area (Å²) in [7, 11) is 0. The zero-order valence-corrected chi connectivity index (χ0v) is 23.3. The van der Waals surface area contributed by atoms with E-state index in [-0.39, 0.29) is 36.4 Å². The standard InChI is InChI=1S/C30H41N3O6/c1-5-33(26(21-10-9-13-24(35)19-21)27(36)31-22-11-7-6-8-12-22)28(37)25(32-29(38)39-30(2,3)4)18-20-14-16-23(34)17-15-20/h9-10,13-17,19,22,25-26,34-35H,5-8,11-12,18H2,1-4H3,(H,31,36)(H,32,38). The van der Waals surface area contributed by atoms with Crippen molar-refractivity contribution in [3.63, 3.8) is 0 Å². The molecule has 0 aromatic heterocycles. The molecule has 9 nitrogen and oxygen atoms in total. The van der Waals surface area contributed by atoms with Crippen molar-refractivity contribution in [2.45, 2.75) is 89.9 Å². The summed E-state index contributed by atoms with van der Waals surface area (Å²) >= 11 is 0. The van der Waals surface area contributed by atoms with Gasteiger partial charge in [-0.2, -0.15) is 0 Å². The highest BCUT2D eigenvalue weighted by Crippen LogP contribution is 2.27. The van der Waals surface area contributed by atoms with E-state index in [2.05, 4.69) is 10.6 Å². The van der Waals surface area contributed by atoms with Crippen LogP contribution in [0.4, 0.5) is 4.79 Å². The van der Waals surface area contributed by atoms with Crippen LogP contribution >= 0.6 is 0 Å². The van der Waals surface area contributed by atoms with Crippen LogP contribution in [0.5, 0.6) is 11.5 Å². The largest absolute Gasteiger partial charge is 0.508 e. The summed E-state index contributed by atoms with van der Waals surface area (Å²) in [6.45, 7) is 7.14. The summed E-state index contributed by atoms with van der Waals surface area (Å²) in [5.41, 5.74) is 0.406. The van der Waals surface area contributed by atoms with E-state index in [4.69, 9.17) is 4.74 Å². The summed E-state index contributed by atoms with van der Waals surface area (Å²) in [4.78, 5) is 42.0. The minimum absolute atomic E-state index is 0.0148. The zero-order chi connectivity index (χ0) is 28.6. The molecule has 3 rings (SSSR count). The molecule has 1 aliphatic carbocycles. The van der Waals surface area contributed by atoms with E-state index < -0.39 is 29.7 Å². The lowest BCUT2D eigenvalue weighted by Crippen LogP contribution is -2.54. The topological polar surface area (TPSA) is 128 Å². The van der Waals surface area contributed by atoms with Crippen LogP contribution in [0.25, 0.3) is 0 Å². The van der Waals surface area contributed by atoms with E-state index in [9.17, 15) is 24.6 Å². The van der Waals surface area contributed by atoms with Gasteiger partial charge in [-0.1, -0.05) is 43.5 Å². The molecule has 3 amide bonds. The Balaban J connectivity index is 1.95. The van der Waals surface area contributed by atoms with Crippen LogP contribution < -0.4 is 10.6 Å². The van der Waals surface area contributed by atoms with Crippen LogP contribution in [0.2, 0.25) is 0 Å². The molecule has 9 heteroatoms. The Morgan fingerprint density at radius 1 is 1.00 bits per heavy atom. The molecular weight excluding hydrogens is 498 g/mol. The van der Waals surface area contributed by atoms with Crippen molar-refractivity contribution >= 4 is 17.9 Å². The molecule has 1 aliphatic rings. The lowest BCUT2D eigenvalue weighted by Gasteiger charge is -2.35. The Labute approximate surface area is 230 Å². The molecule has 1 saturated carbocycles. The number of amides is 3. The molecule has 1 fully saturated rings. The van der Waals surface area contributed by atoms with Crippen molar-refractivity contribution in [1.82, 2.24) is 15.5 Å². The smallest absolute Gasteiger partial charge is 0.408 e. The zero-order valence-electron chi connectivity index (χ0n) is 23.3. The third-order valence-corrected chi connectivity index (χ3v) is 6.69. The number of likely N-dealkylation sites (N-methyl/N-ethyl adjacent to an activating group) is 1. The first-order chi connectivity index (χ1) is 18.5. The van der Waals surface area contributed by atoms with Gasteiger partial charge in [-0.25, -0.2) is 4.79 Å². The Morgan fingerprint density at radius 3 is 2.26 bits per heavy atom. The lowest BCUT2D eigenvalue weighted by atomic mass is 9.94. The highest BCUT2D eigenvalue weighted by atomic mass is 16.6. The molecule has 0 aliphatic heterocycles. The summed E-state index contributed by atoms with van der Waals surface area (Å²) in [5, 5.41) is 25.7. The maximum atomic E-state index is 14.1. The number of alkyl carbamates (subject to hydrolysis) is 1. The number of hydrogen-bond acceptors (Lipinski definition) is 6. The Morgan fingerprint density at radius 2 is 1.67 bits per heavy atom. The van der Waals surface area contributed by atoms with Crippen molar-refractivity contribution in [2.24, 2.45) is 0 Å². The first-order valence-electron chi connectivity index (χ1n) is 13.6. The van der Waals surface area contributed by atoms with Crippen LogP contribution in [0.3, 0.4) is 0 Å². The molecule has 0 radical (unpaired) electrons. The number of nitrogens with one attached hydrogen (secondary N) is 2. The predicted molar refractivity (Wildman–Crippen MR) is 148 cm³/mol. The number of rotatable bonds is 9. The van der Waals surface area contributed by atoms with E-state index in [1.165, 1.54) is 29.2 Å². The number of nitrogens with zero attached hydrogens (tertiary/aromatic N) is 1. The van der Waals surface area contributed by atoms with Gasteiger partial charge in [0.05, 0.1) is 0 Å².